The average Bonchev–Trinajstić information content (AvgIpc) is 2.61. The summed E-state index contributed by atoms with van der Waals surface area (Å²) in [4.78, 5) is 1.62. The van der Waals surface area contributed by atoms with Gasteiger partial charge in [-0.25, -0.2) is 16.8 Å². The lowest BCUT2D eigenvalue weighted by molar-refractivity contribution is -0.0444. The lowest BCUT2D eigenvalue weighted by atomic mass is 10.1. The molecule has 0 fully saturated rings. The number of ether oxygens (including phenoxy) is 2. The normalized spacial score (nSPS) is 13.2. The molecule has 176 valence electrons. The molecule has 0 bridgehead atoms. The van der Waals surface area contributed by atoms with Gasteiger partial charge in [0.05, 0.1) is 19.9 Å². The number of methoxy groups -OCH3 is 2. The summed E-state index contributed by atoms with van der Waals surface area (Å²) in [7, 11) is -7.84. The Balaban J connectivity index is 3.71. The molecule has 1 aromatic rings. The minimum Gasteiger partial charge on any atom is -0.496 e. The van der Waals surface area contributed by atoms with E-state index in [2.05, 4.69) is 0 Å². The number of halogens is 6. The van der Waals surface area contributed by atoms with Crippen LogP contribution in [0.2, 0.25) is 0 Å². The number of sulfone groups is 2. The van der Waals surface area contributed by atoms with Gasteiger partial charge >= 0.3 is 11.0 Å². The maximum atomic E-state index is 12.8. The zero-order chi connectivity index (χ0) is 24.4. The Labute approximate surface area is 174 Å². The SMILES string of the molecule is COc1cc(N(C)C)c(OC)cc1C=CC=C(S(=O)(=O)C(F)(F)F)S(=O)(=O)C(F)(F)F. The van der Waals surface area contributed by atoms with E-state index >= 15 is 0 Å². The molecule has 0 heterocycles. The summed E-state index contributed by atoms with van der Waals surface area (Å²) in [5, 5.41) is 0. The fraction of sp³-hybridized carbons (Fsp3) is 0.375. The summed E-state index contributed by atoms with van der Waals surface area (Å²) in [5.41, 5.74) is -12.0. The van der Waals surface area contributed by atoms with Gasteiger partial charge in [0, 0.05) is 25.7 Å². The quantitative estimate of drug-likeness (QED) is 0.421. The van der Waals surface area contributed by atoms with Gasteiger partial charge in [0.2, 0.25) is 0 Å². The Morgan fingerprint density at radius 3 is 1.68 bits per heavy atom. The number of nitrogens with zero attached hydrogens (tertiary/aromatic N) is 1. The second-order valence-electron chi connectivity index (χ2n) is 5.90. The van der Waals surface area contributed by atoms with Gasteiger partial charge in [-0.15, -0.1) is 0 Å². The Morgan fingerprint density at radius 2 is 1.32 bits per heavy atom. The summed E-state index contributed by atoms with van der Waals surface area (Å²) in [6, 6.07) is 2.73. The van der Waals surface area contributed by atoms with Crippen LogP contribution in [-0.2, 0) is 19.7 Å². The van der Waals surface area contributed by atoms with Crippen molar-refractivity contribution in [1.82, 2.24) is 0 Å². The number of benzene rings is 1. The van der Waals surface area contributed by atoms with Crippen LogP contribution >= 0.6 is 0 Å². The van der Waals surface area contributed by atoms with Crippen molar-refractivity contribution in [3.8, 4) is 11.5 Å². The van der Waals surface area contributed by atoms with Crippen LogP contribution in [0.5, 0.6) is 11.5 Å². The second kappa shape index (κ2) is 8.98. The fourth-order valence-corrected chi connectivity index (χ4v) is 4.86. The molecular formula is C16H17F6NO6S2. The molecule has 1 rings (SSSR count). The van der Waals surface area contributed by atoms with E-state index in [1.165, 1.54) is 26.4 Å². The number of allylic oxidation sites excluding steroid dienone is 2. The van der Waals surface area contributed by atoms with Gasteiger partial charge in [0.25, 0.3) is 19.7 Å². The second-order valence-corrected chi connectivity index (χ2v) is 9.98. The summed E-state index contributed by atoms with van der Waals surface area (Å²) in [6.07, 6.45) is 0.977. The van der Waals surface area contributed by atoms with Crippen LogP contribution in [-0.4, -0.2) is 56.2 Å². The number of hydrogen-bond donors (Lipinski definition) is 0. The van der Waals surface area contributed by atoms with Gasteiger partial charge in [-0.3, -0.25) is 0 Å². The van der Waals surface area contributed by atoms with Crippen LogP contribution in [0, 0.1) is 0 Å². The fourth-order valence-electron chi connectivity index (χ4n) is 2.17. The first-order valence-corrected chi connectivity index (χ1v) is 10.8. The van der Waals surface area contributed by atoms with Crippen molar-refractivity contribution >= 4 is 31.4 Å². The number of anilines is 1. The summed E-state index contributed by atoms with van der Waals surface area (Å²) in [6.45, 7) is 0. The number of rotatable bonds is 7. The van der Waals surface area contributed by atoms with E-state index in [9.17, 15) is 43.2 Å². The summed E-state index contributed by atoms with van der Waals surface area (Å²) < 4.78 is 130. The van der Waals surface area contributed by atoms with Gasteiger partial charge in [-0.05, 0) is 12.1 Å². The van der Waals surface area contributed by atoms with Gasteiger partial charge in [0.15, 0.2) is 4.24 Å². The average molecular weight is 497 g/mol. The predicted molar refractivity (Wildman–Crippen MR) is 101 cm³/mol. The first-order chi connectivity index (χ1) is 13.9. The van der Waals surface area contributed by atoms with Crippen molar-refractivity contribution < 1.29 is 52.7 Å². The Morgan fingerprint density at radius 1 is 0.871 bits per heavy atom. The molecule has 0 saturated heterocycles. The molecule has 0 radical (unpaired) electrons. The maximum Gasteiger partial charge on any atom is 0.502 e. The van der Waals surface area contributed by atoms with Crippen molar-refractivity contribution in [2.45, 2.75) is 11.0 Å². The third-order valence-corrected chi connectivity index (χ3v) is 7.53. The third kappa shape index (κ3) is 5.44. The molecule has 0 saturated carbocycles. The minimum atomic E-state index is -6.84. The first kappa shape index (κ1) is 26.6. The molecular weight excluding hydrogens is 480 g/mol. The zero-order valence-corrected chi connectivity index (χ0v) is 18.0. The van der Waals surface area contributed by atoms with Crippen molar-refractivity contribution in [3.63, 3.8) is 0 Å². The maximum absolute atomic E-state index is 12.8. The molecule has 0 N–H and O–H groups in total. The van der Waals surface area contributed by atoms with Crippen molar-refractivity contribution in [2.24, 2.45) is 0 Å². The van der Waals surface area contributed by atoms with Crippen LogP contribution in [0.15, 0.2) is 28.5 Å². The van der Waals surface area contributed by atoms with Crippen molar-refractivity contribution in [3.05, 3.63) is 34.1 Å². The van der Waals surface area contributed by atoms with Gasteiger partial charge < -0.3 is 14.4 Å². The summed E-state index contributed by atoms with van der Waals surface area (Å²) in [5.74, 6) is 0.327. The van der Waals surface area contributed by atoms with E-state index in [0.29, 0.717) is 11.8 Å². The molecule has 0 unspecified atom stereocenters. The standard InChI is InChI=1S/C16H17F6NO6S2/c1-23(2)11-9-12(28-3)10(8-13(11)29-4)6-5-7-14(30(24,25)15(17,18)19)31(26,27)16(20,21)22/h5-9H,1-4H3. The highest BCUT2D eigenvalue weighted by atomic mass is 32.3. The lowest BCUT2D eigenvalue weighted by Crippen LogP contribution is -2.34. The van der Waals surface area contributed by atoms with Crippen LogP contribution in [0.3, 0.4) is 0 Å². The van der Waals surface area contributed by atoms with Crippen LogP contribution in [0.4, 0.5) is 32.0 Å². The van der Waals surface area contributed by atoms with E-state index in [1.54, 1.807) is 19.0 Å². The highest BCUT2D eigenvalue weighted by molar-refractivity contribution is 8.15. The number of alkyl halides is 6. The molecule has 0 aromatic heterocycles. The van der Waals surface area contributed by atoms with Crippen LogP contribution in [0.1, 0.15) is 5.56 Å². The highest BCUT2D eigenvalue weighted by Gasteiger charge is 2.59. The molecule has 0 spiro atoms. The molecule has 0 atom stereocenters. The molecule has 31 heavy (non-hydrogen) atoms. The smallest absolute Gasteiger partial charge is 0.496 e. The molecule has 0 aliphatic heterocycles. The Bertz CT molecular complexity index is 1040. The molecule has 7 nitrogen and oxygen atoms in total. The lowest BCUT2D eigenvalue weighted by Gasteiger charge is -2.19. The zero-order valence-electron chi connectivity index (χ0n) is 16.4. The minimum absolute atomic E-state index is 0.0503. The van der Waals surface area contributed by atoms with Gasteiger partial charge in [-0.2, -0.15) is 26.3 Å². The van der Waals surface area contributed by atoms with E-state index in [4.69, 9.17) is 9.47 Å². The van der Waals surface area contributed by atoms with Gasteiger partial charge in [0.1, 0.15) is 11.5 Å². The van der Waals surface area contributed by atoms with E-state index < -0.39 is 34.9 Å². The van der Waals surface area contributed by atoms with Crippen molar-refractivity contribution in [2.75, 3.05) is 33.2 Å². The predicted octanol–water partition coefficient (Wildman–Crippen LogP) is 3.49. The summed E-state index contributed by atoms with van der Waals surface area (Å²) >= 11 is 0. The first-order valence-electron chi connectivity index (χ1n) is 7.86. The molecule has 0 aliphatic rings. The molecule has 1 aromatic carbocycles. The van der Waals surface area contributed by atoms with E-state index in [0.717, 1.165) is 6.08 Å². The van der Waals surface area contributed by atoms with Gasteiger partial charge in [-0.1, -0.05) is 12.2 Å². The Kier molecular flexibility index (Phi) is 7.71. The monoisotopic (exact) mass is 497 g/mol. The molecule has 15 heteroatoms. The Hall–Kier alpha value is -2.42. The largest absolute Gasteiger partial charge is 0.502 e. The van der Waals surface area contributed by atoms with Crippen LogP contribution in [0.25, 0.3) is 6.08 Å². The highest BCUT2D eigenvalue weighted by Crippen LogP contribution is 2.39. The topological polar surface area (TPSA) is 90.0 Å². The van der Waals surface area contributed by atoms with Crippen LogP contribution < -0.4 is 14.4 Å². The molecule has 0 amide bonds. The van der Waals surface area contributed by atoms with E-state index in [1.807, 2.05) is 0 Å². The third-order valence-electron chi connectivity index (χ3n) is 3.66. The van der Waals surface area contributed by atoms with Crippen molar-refractivity contribution in [1.29, 1.82) is 0 Å². The molecule has 0 aliphatic carbocycles. The van der Waals surface area contributed by atoms with E-state index in [-0.39, 0.29) is 23.1 Å². The number of hydrogen-bond acceptors (Lipinski definition) is 7.